The number of nitrogens with two attached hydrogens (primary N) is 1. The fourth-order valence-electron chi connectivity index (χ4n) is 1.41. The maximum Gasteiger partial charge on any atom is 0.358 e. The number of rotatable bonds is 1. The fourth-order valence-corrected chi connectivity index (χ4v) is 1.41. The van der Waals surface area contributed by atoms with E-state index in [-0.39, 0.29) is 11.7 Å². The van der Waals surface area contributed by atoms with Crippen molar-refractivity contribution in [3.05, 3.63) is 17.7 Å². The smallest absolute Gasteiger partial charge is 0.358 e. The molecule has 1 aromatic heterocycles. The highest BCUT2D eigenvalue weighted by Crippen LogP contribution is 2.28. The average molecular weight is 194 g/mol. The molecule has 0 radical (unpaired) electrons. The molecule has 1 aromatic rings. The largest absolute Gasteiger partial charge is 0.464 e. The maximum absolute atomic E-state index is 11.3. The van der Waals surface area contributed by atoms with E-state index in [2.05, 4.69) is 20.0 Å². The molecular formula is C8H10N4O2. The number of nitrogens with one attached hydrogen (secondary N) is 1. The monoisotopic (exact) mass is 194 g/mol. The van der Waals surface area contributed by atoms with E-state index in [1.165, 1.54) is 13.4 Å². The van der Waals surface area contributed by atoms with Crippen molar-refractivity contribution in [2.45, 2.75) is 6.04 Å². The molecule has 6 nitrogen and oxygen atoms in total. The van der Waals surface area contributed by atoms with E-state index in [4.69, 9.17) is 5.73 Å². The zero-order valence-electron chi connectivity index (χ0n) is 7.65. The fraction of sp³-hybridized carbons (Fsp3) is 0.375. The Labute approximate surface area is 80.5 Å². The molecule has 14 heavy (non-hydrogen) atoms. The molecule has 0 aliphatic carbocycles. The molecule has 0 saturated heterocycles. The van der Waals surface area contributed by atoms with E-state index in [0.29, 0.717) is 17.9 Å². The van der Waals surface area contributed by atoms with Crippen molar-refractivity contribution < 1.29 is 9.53 Å². The first-order valence-corrected chi connectivity index (χ1v) is 4.16. The molecule has 1 aliphatic heterocycles. The summed E-state index contributed by atoms with van der Waals surface area (Å²) in [5, 5.41) is 2.98. The summed E-state index contributed by atoms with van der Waals surface area (Å²) in [6.45, 7) is 0.567. The third kappa shape index (κ3) is 1.20. The van der Waals surface area contributed by atoms with Gasteiger partial charge in [0.05, 0.1) is 24.5 Å². The molecular weight excluding hydrogens is 184 g/mol. The lowest BCUT2D eigenvalue weighted by Gasteiger charge is -2.04. The standard InChI is InChI=1S/C8H10N4O2/c1-14-8(13)7-6-5(11-3-12-7)4(9)2-10-6/h3-4,10H,2,9H2,1H3. The van der Waals surface area contributed by atoms with Gasteiger partial charge in [0.1, 0.15) is 6.33 Å². The molecule has 1 aliphatic rings. The van der Waals surface area contributed by atoms with Crippen LogP contribution in [0.2, 0.25) is 0 Å². The van der Waals surface area contributed by atoms with Crippen molar-refractivity contribution in [2.75, 3.05) is 19.0 Å². The summed E-state index contributed by atoms with van der Waals surface area (Å²) >= 11 is 0. The number of esters is 1. The Bertz CT molecular complexity index is 380. The summed E-state index contributed by atoms with van der Waals surface area (Å²) in [6.07, 6.45) is 1.32. The molecule has 1 atom stereocenters. The number of nitrogens with zero attached hydrogens (tertiary/aromatic N) is 2. The Morgan fingerprint density at radius 1 is 1.71 bits per heavy atom. The lowest BCUT2D eigenvalue weighted by Crippen LogP contribution is -2.12. The first kappa shape index (κ1) is 8.89. The highest BCUT2D eigenvalue weighted by molar-refractivity contribution is 5.94. The van der Waals surface area contributed by atoms with Crippen LogP contribution in [-0.4, -0.2) is 29.6 Å². The maximum atomic E-state index is 11.3. The minimum Gasteiger partial charge on any atom is -0.464 e. The number of anilines is 1. The Morgan fingerprint density at radius 2 is 2.50 bits per heavy atom. The minimum absolute atomic E-state index is 0.184. The summed E-state index contributed by atoms with van der Waals surface area (Å²) in [5.74, 6) is -0.481. The van der Waals surface area contributed by atoms with Crippen LogP contribution in [0.4, 0.5) is 5.69 Å². The summed E-state index contributed by atoms with van der Waals surface area (Å²) in [7, 11) is 1.31. The average Bonchev–Trinajstić information content (AvgIpc) is 2.59. The number of carbonyl (C=O) groups excluding carboxylic acids is 1. The first-order chi connectivity index (χ1) is 6.74. The van der Waals surface area contributed by atoms with Gasteiger partial charge in [0, 0.05) is 6.54 Å². The van der Waals surface area contributed by atoms with Crippen LogP contribution >= 0.6 is 0 Å². The number of hydrogen-bond acceptors (Lipinski definition) is 6. The van der Waals surface area contributed by atoms with Gasteiger partial charge in [0.2, 0.25) is 0 Å². The second-order valence-electron chi connectivity index (χ2n) is 2.96. The first-order valence-electron chi connectivity index (χ1n) is 4.16. The normalized spacial score (nSPS) is 18.6. The van der Waals surface area contributed by atoms with Crippen molar-refractivity contribution in [3.8, 4) is 0 Å². The highest BCUT2D eigenvalue weighted by Gasteiger charge is 2.26. The van der Waals surface area contributed by atoms with Crippen molar-refractivity contribution >= 4 is 11.7 Å². The van der Waals surface area contributed by atoms with Gasteiger partial charge in [-0.15, -0.1) is 0 Å². The molecule has 0 spiro atoms. The van der Waals surface area contributed by atoms with Crippen LogP contribution in [0.1, 0.15) is 22.2 Å². The molecule has 6 heteroatoms. The van der Waals surface area contributed by atoms with Gasteiger partial charge in [-0.1, -0.05) is 0 Å². The molecule has 0 aromatic carbocycles. The number of methoxy groups -OCH3 is 1. The zero-order chi connectivity index (χ0) is 10.1. The van der Waals surface area contributed by atoms with Crippen LogP contribution in [-0.2, 0) is 4.74 Å². The van der Waals surface area contributed by atoms with Crippen LogP contribution in [0.3, 0.4) is 0 Å². The van der Waals surface area contributed by atoms with E-state index in [9.17, 15) is 4.79 Å². The Kier molecular flexibility index (Phi) is 2.05. The molecule has 0 fully saturated rings. The molecule has 0 amide bonds. The molecule has 2 rings (SSSR count). The Morgan fingerprint density at radius 3 is 3.21 bits per heavy atom. The summed E-state index contributed by atoms with van der Waals surface area (Å²) in [5.41, 5.74) is 7.25. The molecule has 3 N–H and O–H groups in total. The lowest BCUT2D eigenvalue weighted by atomic mass is 10.2. The lowest BCUT2D eigenvalue weighted by molar-refractivity contribution is 0.0595. The predicted molar refractivity (Wildman–Crippen MR) is 48.8 cm³/mol. The minimum atomic E-state index is -0.481. The highest BCUT2D eigenvalue weighted by atomic mass is 16.5. The van der Waals surface area contributed by atoms with Crippen LogP contribution in [0.5, 0.6) is 0 Å². The third-order valence-electron chi connectivity index (χ3n) is 2.11. The van der Waals surface area contributed by atoms with Gasteiger partial charge in [-0.3, -0.25) is 0 Å². The van der Waals surface area contributed by atoms with E-state index in [1.807, 2.05) is 0 Å². The Balaban J connectivity index is 2.49. The molecule has 0 bridgehead atoms. The van der Waals surface area contributed by atoms with Gasteiger partial charge in [0.15, 0.2) is 5.69 Å². The summed E-state index contributed by atoms with van der Waals surface area (Å²) < 4.78 is 4.59. The van der Waals surface area contributed by atoms with E-state index in [0.717, 1.165) is 0 Å². The van der Waals surface area contributed by atoms with Gasteiger partial charge in [-0.25, -0.2) is 14.8 Å². The van der Waals surface area contributed by atoms with Crippen molar-refractivity contribution in [1.82, 2.24) is 9.97 Å². The summed E-state index contributed by atoms with van der Waals surface area (Å²) in [6, 6.07) is -0.184. The third-order valence-corrected chi connectivity index (χ3v) is 2.11. The van der Waals surface area contributed by atoms with Crippen LogP contribution in [0.25, 0.3) is 0 Å². The number of carbonyl (C=O) groups is 1. The van der Waals surface area contributed by atoms with Crippen LogP contribution in [0, 0.1) is 0 Å². The number of fused-ring (bicyclic) bond motifs is 1. The SMILES string of the molecule is COC(=O)c1ncnc2c1NCC2N. The van der Waals surface area contributed by atoms with Crippen LogP contribution < -0.4 is 11.1 Å². The van der Waals surface area contributed by atoms with Gasteiger partial charge in [0.25, 0.3) is 0 Å². The van der Waals surface area contributed by atoms with Gasteiger partial charge < -0.3 is 15.8 Å². The van der Waals surface area contributed by atoms with E-state index >= 15 is 0 Å². The molecule has 1 unspecified atom stereocenters. The quantitative estimate of drug-likeness (QED) is 0.596. The van der Waals surface area contributed by atoms with Crippen LogP contribution in [0.15, 0.2) is 6.33 Å². The zero-order valence-corrected chi connectivity index (χ0v) is 7.65. The predicted octanol–water partition coefficient (Wildman–Crippen LogP) is -0.312. The molecule has 0 saturated carbocycles. The van der Waals surface area contributed by atoms with E-state index < -0.39 is 5.97 Å². The number of ether oxygens (including phenoxy) is 1. The van der Waals surface area contributed by atoms with E-state index in [1.54, 1.807) is 0 Å². The van der Waals surface area contributed by atoms with Gasteiger partial charge >= 0.3 is 5.97 Å². The molecule has 74 valence electrons. The van der Waals surface area contributed by atoms with Crippen molar-refractivity contribution in [2.24, 2.45) is 5.73 Å². The second-order valence-corrected chi connectivity index (χ2v) is 2.96. The van der Waals surface area contributed by atoms with Gasteiger partial charge in [-0.2, -0.15) is 0 Å². The van der Waals surface area contributed by atoms with Crippen molar-refractivity contribution in [3.63, 3.8) is 0 Å². The summed E-state index contributed by atoms with van der Waals surface area (Å²) in [4.78, 5) is 19.1. The number of hydrogen-bond donors (Lipinski definition) is 2. The van der Waals surface area contributed by atoms with Gasteiger partial charge in [-0.05, 0) is 0 Å². The topological polar surface area (TPSA) is 90.1 Å². The van der Waals surface area contributed by atoms with Crippen molar-refractivity contribution in [1.29, 1.82) is 0 Å². The molecule has 2 heterocycles. The Hall–Kier alpha value is -1.69. The second kappa shape index (κ2) is 3.22. The number of aromatic nitrogens is 2.